The molecule has 1 N–H and O–H groups in total. The predicted molar refractivity (Wildman–Crippen MR) is 229 cm³/mol. The van der Waals surface area contributed by atoms with Gasteiger partial charge in [0.05, 0.1) is 11.3 Å². The minimum atomic E-state index is -0.0119. The van der Waals surface area contributed by atoms with Crippen LogP contribution in [0.3, 0.4) is 0 Å². The van der Waals surface area contributed by atoms with E-state index in [1.54, 1.807) is 0 Å². The topological polar surface area (TPSA) is 50.2 Å². The summed E-state index contributed by atoms with van der Waals surface area (Å²) >= 11 is 0. The van der Waals surface area contributed by atoms with E-state index in [2.05, 4.69) is 158 Å². The van der Waals surface area contributed by atoms with Crippen LogP contribution >= 0.6 is 0 Å². The van der Waals surface area contributed by atoms with Crippen LogP contribution in [0.5, 0.6) is 0 Å². The average molecular weight is 909 g/mol. The first-order chi connectivity index (χ1) is 24.6. The Bertz CT molecular complexity index is 1900. The minimum absolute atomic E-state index is 0. The van der Waals surface area contributed by atoms with Crippen LogP contribution in [0, 0.1) is 60.8 Å². The molecule has 0 aliphatic heterocycles. The Hall–Kier alpha value is -2.81. The summed E-state index contributed by atoms with van der Waals surface area (Å²) in [6.45, 7) is 32.8. The summed E-state index contributed by atoms with van der Waals surface area (Å²) in [6, 6.07) is 21.7. The molecule has 0 spiro atoms. The number of aliphatic hydroxyl groups is 1. The van der Waals surface area contributed by atoms with Gasteiger partial charge in [0, 0.05) is 49.1 Å². The van der Waals surface area contributed by atoms with Crippen LogP contribution in [0.2, 0.25) is 0 Å². The number of rotatable bonds is 9. The molecular formula is C50H70IrNO2-. The van der Waals surface area contributed by atoms with E-state index >= 15 is 0 Å². The molecule has 0 atom stereocenters. The Morgan fingerprint density at radius 3 is 1.94 bits per heavy atom. The summed E-state index contributed by atoms with van der Waals surface area (Å²) in [4.78, 5) is 17.6. The number of aromatic nitrogens is 1. The van der Waals surface area contributed by atoms with Crippen molar-refractivity contribution in [2.45, 2.75) is 141 Å². The molecule has 0 saturated heterocycles. The van der Waals surface area contributed by atoms with Crippen LogP contribution < -0.4 is 0 Å². The standard InChI is InChI=1S/C33H38N.C17H32O2.Ir/c1-21-16-22(2)31-27(23-12-14-33(6,7)15-13-23)20-29(34-30(31)17-21)25-18-24-10-8-9-11-26(24)28(19-25)32(3,4)5;1-10(2)16(11(3)4)14(18)9-15(19)17(12(5)6)13(7)8;/h8-11,16-17,19-20,23H,12-15H2,1-7H3;9-13,16-18H,1-8H3;/q-1;;/b;14-9-;. The molecule has 0 unspecified atom stereocenters. The number of benzene rings is 3. The molecule has 1 fully saturated rings. The number of aryl methyl sites for hydroxylation is 2. The first-order valence-corrected chi connectivity index (χ1v) is 20.4. The molecule has 0 bridgehead atoms. The van der Waals surface area contributed by atoms with Crippen molar-refractivity contribution < 1.29 is 30.0 Å². The summed E-state index contributed by atoms with van der Waals surface area (Å²) < 4.78 is 0. The zero-order chi connectivity index (χ0) is 39.6. The van der Waals surface area contributed by atoms with Crippen molar-refractivity contribution in [3.8, 4) is 11.3 Å². The number of fused-ring (bicyclic) bond motifs is 2. The Morgan fingerprint density at radius 2 is 1.41 bits per heavy atom. The third kappa shape index (κ3) is 10.9. The number of nitrogens with zero attached hydrogens (tertiary/aromatic N) is 1. The molecule has 0 amide bonds. The fourth-order valence-corrected chi connectivity index (χ4v) is 9.17. The summed E-state index contributed by atoms with van der Waals surface area (Å²) in [7, 11) is 0. The van der Waals surface area contributed by atoms with E-state index < -0.39 is 0 Å². The van der Waals surface area contributed by atoms with Gasteiger partial charge in [-0.1, -0.05) is 131 Å². The van der Waals surface area contributed by atoms with Gasteiger partial charge in [-0.25, -0.2) is 0 Å². The Balaban J connectivity index is 0.000000338. The van der Waals surface area contributed by atoms with Crippen molar-refractivity contribution in [3.63, 3.8) is 0 Å². The molecule has 54 heavy (non-hydrogen) atoms. The number of aliphatic hydroxyl groups excluding tert-OH is 1. The number of hydrogen-bond donors (Lipinski definition) is 1. The molecule has 1 heterocycles. The number of allylic oxidation sites excluding steroid dienone is 2. The summed E-state index contributed by atoms with van der Waals surface area (Å²) in [5.74, 6) is 2.23. The van der Waals surface area contributed by atoms with Crippen molar-refractivity contribution in [2.75, 3.05) is 0 Å². The van der Waals surface area contributed by atoms with E-state index in [9.17, 15) is 9.90 Å². The van der Waals surface area contributed by atoms with Gasteiger partial charge >= 0.3 is 0 Å². The van der Waals surface area contributed by atoms with Crippen LogP contribution in [0.25, 0.3) is 32.9 Å². The van der Waals surface area contributed by atoms with Crippen LogP contribution in [0.1, 0.15) is 144 Å². The quantitative estimate of drug-likeness (QED) is 0.103. The third-order valence-corrected chi connectivity index (χ3v) is 11.8. The molecule has 297 valence electrons. The maximum atomic E-state index is 12.3. The van der Waals surface area contributed by atoms with E-state index in [0.29, 0.717) is 35.0 Å². The molecule has 1 aliphatic carbocycles. The molecule has 3 nitrogen and oxygen atoms in total. The summed E-state index contributed by atoms with van der Waals surface area (Å²) in [5.41, 5.74) is 9.30. The number of ketones is 1. The zero-order valence-corrected chi connectivity index (χ0v) is 38.6. The van der Waals surface area contributed by atoms with Crippen LogP contribution in [0.15, 0.2) is 60.4 Å². The van der Waals surface area contributed by atoms with Gasteiger partial charge in [0.25, 0.3) is 0 Å². The van der Waals surface area contributed by atoms with Gasteiger partial charge in [-0.15, -0.1) is 29.1 Å². The smallest absolute Gasteiger partial charge is 0.162 e. The first kappa shape index (κ1) is 45.6. The number of carbonyl (C=O) groups excluding carboxylic acids is 1. The normalized spacial score (nSPS) is 15.5. The van der Waals surface area contributed by atoms with E-state index in [0.717, 1.165) is 16.8 Å². The fraction of sp³-hybridized carbons (Fsp3) is 0.560. The zero-order valence-electron chi connectivity index (χ0n) is 36.2. The van der Waals surface area contributed by atoms with Crippen LogP contribution in [-0.4, -0.2) is 15.9 Å². The van der Waals surface area contributed by atoms with Crippen molar-refractivity contribution in [2.24, 2.45) is 40.9 Å². The fourth-order valence-electron chi connectivity index (χ4n) is 9.17. The summed E-state index contributed by atoms with van der Waals surface area (Å²) in [5, 5.41) is 14.1. The van der Waals surface area contributed by atoms with E-state index in [4.69, 9.17) is 4.98 Å². The molecule has 1 aliphatic rings. The average Bonchev–Trinajstić information content (AvgIpc) is 3.02. The van der Waals surface area contributed by atoms with Gasteiger partial charge in [0.15, 0.2) is 5.78 Å². The van der Waals surface area contributed by atoms with Gasteiger partial charge < -0.3 is 5.11 Å². The largest absolute Gasteiger partial charge is 0.512 e. The van der Waals surface area contributed by atoms with E-state index in [1.807, 2.05) is 0 Å². The Kier molecular flexibility index (Phi) is 15.5. The molecule has 1 aromatic heterocycles. The number of hydrogen-bond acceptors (Lipinski definition) is 3. The molecule has 1 saturated carbocycles. The van der Waals surface area contributed by atoms with Crippen molar-refractivity contribution in [1.82, 2.24) is 4.98 Å². The van der Waals surface area contributed by atoms with Gasteiger partial charge in [-0.05, 0) is 103 Å². The monoisotopic (exact) mass is 910 g/mol. The molecular weight excluding hydrogens is 839 g/mol. The Labute approximate surface area is 342 Å². The van der Waals surface area contributed by atoms with Crippen molar-refractivity contribution >= 4 is 27.5 Å². The van der Waals surface area contributed by atoms with Crippen molar-refractivity contribution in [1.29, 1.82) is 0 Å². The molecule has 5 rings (SSSR count). The molecule has 4 heteroatoms. The summed E-state index contributed by atoms with van der Waals surface area (Å²) in [6.07, 6.45) is 6.58. The first-order valence-electron chi connectivity index (χ1n) is 20.4. The predicted octanol–water partition coefficient (Wildman–Crippen LogP) is 14.3. The second-order valence-corrected chi connectivity index (χ2v) is 19.4. The second kappa shape index (κ2) is 18.4. The van der Waals surface area contributed by atoms with Crippen molar-refractivity contribution in [3.05, 3.63) is 88.7 Å². The van der Waals surface area contributed by atoms with E-state index in [-0.39, 0.29) is 48.9 Å². The van der Waals surface area contributed by atoms with Gasteiger partial charge in [-0.2, -0.15) is 0 Å². The molecule has 1 radical (unpaired) electrons. The van der Waals surface area contributed by atoms with E-state index in [1.165, 1.54) is 70.2 Å². The van der Waals surface area contributed by atoms with Gasteiger partial charge in [-0.3, -0.25) is 9.78 Å². The SMILES string of the molecule is CC(C)C(C(=O)/C=C(\O)C(C(C)C)C(C)C)C(C)C.Cc1cc(C)c2c(C3CCC(C)(C)CC3)cc(-c3[c-]c4ccccc4c(C(C)(C)C)c3)nc2c1.[Ir]. The van der Waals surface area contributed by atoms with Crippen LogP contribution in [-0.2, 0) is 30.3 Å². The molecule has 3 aromatic carbocycles. The maximum Gasteiger partial charge on any atom is 0.162 e. The third-order valence-electron chi connectivity index (χ3n) is 11.8. The molecule has 4 aromatic rings. The van der Waals surface area contributed by atoms with Crippen LogP contribution in [0.4, 0.5) is 0 Å². The second-order valence-electron chi connectivity index (χ2n) is 19.4. The Morgan fingerprint density at radius 1 is 0.852 bits per heavy atom. The van der Waals surface area contributed by atoms with Gasteiger partial charge in [0.2, 0.25) is 0 Å². The minimum Gasteiger partial charge on any atom is -0.512 e. The van der Waals surface area contributed by atoms with Gasteiger partial charge in [0.1, 0.15) is 0 Å². The number of carbonyl (C=O) groups is 1. The maximum absolute atomic E-state index is 12.3. The number of pyridine rings is 1.